The molecule has 186 valence electrons. The fourth-order valence-corrected chi connectivity index (χ4v) is 3.98. The summed E-state index contributed by atoms with van der Waals surface area (Å²) in [4.78, 5) is 41.7. The molecule has 0 radical (unpaired) electrons. The van der Waals surface area contributed by atoms with Gasteiger partial charge in [-0.25, -0.2) is 4.39 Å². The number of nitrogens with one attached hydrogen (secondary N) is 3. The summed E-state index contributed by atoms with van der Waals surface area (Å²) in [5, 5.41) is 8.38. The lowest BCUT2D eigenvalue weighted by atomic mass is 10.1. The first-order chi connectivity index (χ1) is 17.5. The highest BCUT2D eigenvalue weighted by Crippen LogP contribution is 2.18. The molecule has 1 fully saturated rings. The van der Waals surface area contributed by atoms with Crippen molar-refractivity contribution in [1.82, 2.24) is 9.80 Å². The minimum atomic E-state index is -0.404. The molecule has 3 aromatic rings. The number of anilines is 3. The lowest BCUT2D eigenvalue weighted by Gasteiger charge is -2.33. The van der Waals surface area contributed by atoms with E-state index in [1.165, 1.54) is 12.1 Å². The summed E-state index contributed by atoms with van der Waals surface area (Å²) in [5.41, 5.74) is 1.92. The Morgan fingerprint density at radius 3 is 1.92 bits per heavy atom. The molecule has 1 aliphatic rings. The van der Waals surface area contributed by atoms with Crippen LogP contribution in [0.4, 0.5) is 21.5 Å². The smallest absolute Gasteiger partial charge is 0.257 e. The molecule has 0 atom stereocenters. The Bertz CT molecular complexity index is 1210. The van der Waals surface area contributed by atoms with Crippen LogP contribution in [0.15, 0.2) is 78.9 Å². The van der Waals surface area contributed by atoms with Crippen LogP contribution in [0.3, 0.4) is 0 Å². The van der Waals surface area contributed by atoms with Crippen molar-refractivity contribution in [2.75, 3.05) is 55.2 Å². The SMILES string of the molecule is O=C(CN1CCN(CC(=O)Nc2ccccc2C(=O)Nc2ccccc2)CC1)Nc1cccc(F)c1. The van der Waals surface area contributed by atoms with Crippen molar-refractivity contribution in [2.45, 2.75) is 0 Å². The second-order valence-corrected chi connectivity index (χ2v) is 8.52. The van der Waals surface area contributed by atoms with Gasteiger partial charge in [-0.2, -0.15) is 0 Å². The van der Waals surface area contributed by atoms with E-state index in [0.29, 0.717) is 48.8 Å². The van der Waals surface area contributed by atoms with E-state index in [0.717, 1.165) is 0 Å². The van der Waals surface area contributed by atoms with E-state index in [4.69, 9.17) is 0 Å². The van der Waals surface area contributed by atoms with E-state index in [9.17, 15) is 18.8 Å². The van der Waals surface area contributed by atoms with Gasteiger partial charge in [-0.05, 0) is 42.5 Å². The molecule has 36 heavy (non-hydrogen) atoms. The number of benzene rings is 3. The zero-order chi connectivity index (χ0) is 25.3. The van der Waals surface area contributed by atoms with E-state index in [-0.39, 0.29) is 30.8 Å². The summed E-state index contributed by atoms with van der Waals surface area (Å²) in [6.45, 7) is 2.87. The maximum absolute atomic E-state index is 13.3. The molecule has 8 nitrogen and oxygen atoms in total. The molecule has 3 amide bonds. The first kappa shape index (κ1) is 25.0. The quantitative estimate of drug-likeness (QED) is 0.452. The second-order valence-electron chi connectivity index (χ2n) is 8.52. The number of carbonyl (C=O) groups excluding carboxylic acids is 3. The summed E-state index contributed by atoms with van der Waals surface area (Å²) >= 11 is 0. The standard InChI is InChI=1S/C27H28FN5O3/c28-20-7-6-10-22(17-20)29-25(34)18-32-13-15-33(16-14-32)19-26(35)31-24-12-5-4-11-23(24)27(36)30-21-8-2-1-3-9-21/h1-12,17H,13-16,18-19H2,(H,29,34)(H,30,36)(H,31,35). The molecule has 1 saturated heterocycles. The van der Waals surface area contributed by atoms with Gasteiger partial charge in [0, 0.05) is 37.6 Å². The predicted octanol–water partition coefficient (Wildman–Crippen LogP) is 3.27. The monoisotopic (exact) mass is 489 g/mol. The van der Waals surface area contributed by atoms with Crippen LogP contribution in [-0.4, -0.2) is 66.8 Å². The highest BCUT2D eigenvalue weighted by molar-refractivity contribution is 6.10. The molecule has 0 aliphatic carbocycles. The third-order valence-electron chi connectivity index (χ3n) is 5.79. The van der Waals surface area contributed by atoms with E-state index >= 15 is 0 Å². The molecule has 3 aromatic carbocycles. The third-order valence-corrected chi connectivity index (χ3v) is 5.79. The Morgan fingerprint density at radius 1 is 0.667 bits per heavy atom. The van der Waals surface area contributed by atoms with Crippen molar-refractivity contribution in [3.8, 4) is 0 Å². The number of piperazine rings is 1. The highest BCUT2D eigenvalue weighted by Gasteiger charge is 2.21. The van der Waals surface area contributed by atoms with Crippen LogP contribution in [0.2, 0.25) is 0 Å². The van der Waals surface area contributed by atoms with Crippen LogP contribution < -0.4 is 16.0 Å². The minimum absolute atomic E-state index is 0.179. The number of nitrogens with zero attached hydrogens (tertiary/aromatic N) is 2. The number of carbonyl (C=O) groups is 3. The molecular formula is C27H28FN5O3. The van der Waals surface area contributed by atoms with Gasteiger partial charge in [0.05, 0.1) is 24.3 Å². The van der Waals surface area contributed by atoms with Crippen LogP contribution in [0, 0.1) is 5.82 Å². The van der Waals surface area contributed by atoms with Gasteiger partial charge in [-0.15, -0.1) is 0 Å². The van der Waals surface area contributed by atoms with Crippen LogP contribution >= 0.6 is 0 Å². The van der Waals surface area contributed by atoms with Crippen molar-refractivity contribution in [1.29, 1.82) is 0 Å². The molecule has 1 aliphatic heterocycles. The number of para-hydroxylation sites is 2. The van der Waals surface area contributed by atoms with Crippen LogP contribution in [0.5, 0.6) is 0 Å². The highest BCUT2D eigenvalue weighted by atomic mass is 19.1. The number of amides is 3. The fraction of sp³-hybridized carbons (Fsp3) is 0.222. The average molecular weight is 490 g/mol. The maximum atomic E-state index is 13.3. The lowest BCUT2D eigenvalue weighted by Crippen LogP contribution is -2.50. The molecule has 0 aromatic heterocycles. The maximum Gasteiger partial charge on any atom is 0.257 e. The van der Waals surface area contributed by atoms with E-state index < -0.39 is 5.82 Å². The van der Waals surface area contributed by atoms with E-state index in [1.807, 2.05) is 28.0 Å². The molecule has 0 saturated carbocycles. The zero-order valence-electron chi connectivity index (χ0n) is 19.7. The van der Waals surface area contributed by atoms with Crippen molar-refractivity contribution < 1.29 is 18.8 Å². The third kappa shape index (κ3) is 7.21. The fourth-order valence-electron chi connectivity index (χ4n) is 3.98. The lowest BCUT2D eigenvalue weighted by molar-refractivity contribution is -0.120. The van der Waals surface area contributed by atoms with Crippen LogP contribution in [-0.2, 0) is 9.59 Å². The summed E-state index contributed by atoms with van der Waals surface area (Å²) in [6, 6.07) is 21.8. The number of halogens is 1. The van der Waals surface area contributed by atoms with Gasteiger partial charge >= 0.3 is 0 Å². The van der Waals surface area contributed by atoms with E-state index in [2.05, 4.69) is 16.0 Å². The van der Waals surface area contributed by atoms with Crippen molar-refractivity contribution in [3.05, 3.63) is 90.2 Å². The molecule has 1 heterocycles. The molecular weight excluding hydrogens is 461 g/mol. The Kier molecular flexibility index (Phi) is 8.38. The summed E-state index contributed by atoms with van der Waals surface area (Å²) in [7, 11) is 0. The summed E-state index contributed by atoms with van der Waals surface area (Å²) in [6.07, 6.45) is 0. The minimum Gasteiger partial charge on any atom is -0.325 e. The molecule has 3 N–H and O–H groups in total. The van der Waals surface area contributed by atoms with Gasteiger partial charge in [0.1, 0.15) is 5.82 Å². The van der Waals surface area contributed by atoms with Gasteiger partial charge in [0.25, 0.3) is 5.91 Å². The number of rotatable bonds is 8. The zero-order valence-corrected chi connectivity index (χ0v) is 19.7. The second kappa shape index (κ2) is 12.1. The van der Waals surface area contributed by atoms with Gasteiger partial charge < -0.3 is 16.0 Å². The summed E-state index contributed by atoms with van der Waals surface area (Å²) in [5.74, 6) is -1.13. The normalized spacial score (nSPS) is 14.1. The van der Waals surface area contributed by atoms with Crippen molar-refractivity contribution in [2.24, 2.45) is 0 Å². The van der Waals surface area contributed by atoms with Gasteiger partial charge in [-0.3, -0.25) is 24.2 Å². The molecule has 9 heteroatoms. The largest absolute Gasteiger partial charge is 0.325 e. The van der Waals surface area contributed by atoms with Crippen molar-refractivity contribution >= 4 is 34.8 Å². The first-order valence-electron chi connectivity index (χ1n) is 11.7. The van der Waals surface area contributed by atoms with Crippen molar-refractivity contribution in [3.63, 3.8) is 0 Å². The topological polar surface area (TPSA) is 93.8 Å². The Hall–Kier alpha value is -4.08. The number of hydrogen-bond donors (Lipinski definition) is 3. The van der Waals surface area contributed by atoms with Gasteiger partial charge in [0.2, 0.25) is 11.8 Å². The number of hydrogen-bond acceptors (Lipinski definition) is 5. The van der Waals surface area contributed by atoms with E-state index in [1.54, 1.807) is 48.5 Å². The average Bonchev–Trinajstić information content (AvgIpc) is 2.86. The molecule has 4 rings (SSSR count). The Morgan fingerprint density at radius 2 is 1.25 bits per heavy atom. The molecule has 0 unspecified atom stereocenters. The van der Waals surface area contributed by atoms with Gasteiger partial charge in [-0.1, -0.05) is 36.4 Å². The summed E-state index contributed by atoms with van der Waals surface area (Å²) < 4.78 is 13.3. The van der Waals surface area contributed by atoms with Crippen LogP contribution in [0.25, 0.3) is 0 Å². The van der Waals surface area contributed by atoms with Crippen LogP contribution in [0.1, 0.15) is 10.4 Å². The first-order valence-corrected chi connectivity index (χ1v) is 11.7. The van der Waals surface area contributed by atoms with Gasteiger partial charge in [0.15, 0.2) is 0 Å². The predicted molar refractivity (Wildman–Crippen MR) is 137 cm³/mol. The Balaban J connectivity index is 1.24. The Labute approximate surface area is 209 Å². The molecule has 0 bridgehead atoms. The molecule has 0 spiro atoms.